The first-order chi connectivity index (χ1) is 7.63. The average molecular weight is 224 g/mol. The zero-order chi connectivity index (χ0) is 11.6. The second-order valence-electron chi connectivity index (χ2n) is 6.25. The number of rotatable bonds is 6. The van der Waals surface area contributed by atoms with Crippen LogP contribution in [0.4, 0.5) is 0 Å². The molecule has 16 heavy (non-hydrogen) atoms. The Morgan fingerprint density at radius 1 is 1.25 bits per heavy atom. The smallest absolute Gasteiger partial charge is 0.0119 e. The quantitative estimate of drug-likeness (QED) is 0.746. The van der Waals surface area contributed by atoms with E-state index in [0.29, 0.717) is 5.41 Å². The standard InChI is InChI=1S/C14H28N2/c1-4-16(12-7-8-12)11-10-15-13-6-5-9-14(13,2)3/h12-13,15H,4-11H2,1-3H3. The van der Waals surface area contributed by atoms with E-state index in [9.17, 15) is 0 Å². The molecule has 2 aliphatic rings. The number of nitrogens with one attached hydrogen (secondary N) is 1. The van der Waals surface area contributed by atoms with Crippen molar-refractivity contribution >= 4 is 0 Å². The Morgan fingerprint density at radius 3 is 2.50 bits per heavy atom. The molecule has 0 radical (unpaired) electrons. The second kappa shape index (κ2) is 5.05. The highest BCUT2D eigenvalue weighted by atomic mass is 15.2. The fourth-order valence-electron chi connectivity index (χ4n) is 3.13. The van der Waals surface area contributed by atoms with Gasteiger partial charge in [0.05, 0.1) is 0 Å². The van der Waals surface area contributed by atoms with E-state index in [4.69, 9.17) is 0 Å². The molecule has 2 heteroatoms. The van der Waals surface area contributed by atoms with E-state index in [2.05, 4.69) is 31.0 Å². The molecule has 2 aliphatic carbocycles. The van der Waals surface area contributed by atoms with Gasteiger partial charge in [0.15, 0.2) is 0 Å². The summed E-state index contributed by atoms with van der Waals surface area (Å²) < 4.78 is 0. The Labute approximate surface area is 101 Å². The van der Waals surface area contributed by atoms with Crippen LogP contribution in [0.1, 0.15) is 52.9 Å². The Morgan fingerprint density at radius 2 is 2.00 bits per heavy atom. The van der Waals surface area contributed by atoms with Crippen molar-refractivity contribution < 1.29 is 0 Å². The molecule has 0 aromatic carbocycles. The summed E-state index contributed by atoms with van der Waals surface area (Å²) in [6, 6.07) is 1.67. The fourth-order valence-corrected chi connectivity index (χ4v) is 3.13. The molecule has 2 saturated carbocycles. The van der Waals surface area contributed by atoms with Gasteiger partial charge in [0.1, 0.15) is 0 Å². The van der Waals surface area contributed by atoms with Crippen LogP contribution in [0.3, 0.4) is 0 Å². The second-order valence-corrected chi connectivity index (χ2v) is 6.25. The highest BCUT2D eigenvalue weighted by molar-refractivity contribution is 4.90. The molecule has 0 bridgehead atoms. The predicted molar refractivity (Wildman–Crippen MR) is 69.7 cm³/mol. The van der Waals surface area contributed by atoms with Crippen molar-refractivity contribution in [3.63, 3.8) is 0 Å². The van der Waals surface area contributed by atoms with Gasteiger partial charge < -0.3 is 5.32 Å². The summed E-state index contributed by atoms with van der Waals surface area (Å²) in [4.78, 5) is 2.63. The minimum Gasteiger partial charge on any atom is -0.312 e. The number of hydrogen-bond donors (Lipinski definition) is 1. The van der Waals surface area contributed by atoms with Gasteiger partial charge in [-0.05, 0) is 37.6 Å². The maximum absolute atomic E-state index is 3.78. The summed E-state index contributed by atoms with van der Waals surface area (Å²) in [6.45, 7) is 10.8. The van der Waals surface area contributed by atoms with E-state index >= 15 is 0 Å². The average Bonchev–Trinajstić information content (AvgIpc) is 3.00. The normalized spacial score (nSPS) is 28.9. The van der Waals surface area contributed by atoms with Crippen LogP contribution in [0.5, 0.6) is 0 Å². The SMILES string of the molecule is CCN(CCNC1CCCC1(C)C)C1CC1. The number of likely N-dealkylation sites (N-methyl/N-ethyl adjacent to an activating group) is 1. The lowest BCUT2D eigenvalue weighted by atomic mass is 9.87. The van der Waals surface area contributed by atoms with Crippen molar-refractivity contribution in [2.45, 2.75) is 65.0 Å². The molecule has 0 amide bonds. The third-order valence-corrected chi connectivity index (χ3v) is 4.52. The van der Waals surface area contributed by atoms with Gasteiger partial charge in [-0.2, -0.15) is 0 Å². The summed E-state index contributed by atoms with van der Waals surface area (Å²) in [6.07, 6.45) is 7.05. The first-order valence-electron chi connectivity index (χ1n) is 7.11. The van der Waals surface area contributed by atoms with Crippen LogP contribution in [-0.4, -0.2) is 36.6 Å². The maximum atomic E-state index is 3.78. The summed E-state index contributed by atoms with van der Waals surface area (Å²) in [5.41, 5.74) is 0.524. The van der Waals surface area contributed by atoms with Gasteiger partial charge in [-0.1, -0.05) is 27.2 Å². The van der Waals surface area contributed by atoms with Crippen LogP contribution in [0, 0.1) is 5.41 Å². The Bertz CT molecular complexity index is 221. The van der Waals surface area contributed by atoms with Gasteiger partial charge in [0, 0.05) is 25.2 Å². The molecule has 0 spiro atoms. The molecule has 0 saturated heterocycles. The van der Waals surface area contributed by atoms with Crippen molar-refractivity contribution in [3.05, 3.63) is 0 Å². The van der Waals surface area contributed by atoms with Crippen LogP contribution < -0.4 is 5.32 Å². The fraction of sp³-hybridized carbons (Fsp3) is 1.00. The highest BCUT2D eigenvalue weighted by Gasteiger charge is 2.34. The summed E-state index contributed by atoms with van der Waals surface area (Å²) in [5, 5.41) is 3.78. The number of nitrogens with zero attached hydrogens (tertiary/aromatic N) is 1. The lowest BCUT2D eigenvalue weighted by molar-refractivity contribution is 0.243. The van der Waals surface area contributed by atoms with Crippen LogP contribution in [0.25, 0.3) is 0 Å². The molecule has 2 nitrogen and oxygen atoms in total. The van der Waals surface area contributed by atoms with Crippen LogP contribution >= 0.6 is 0 Å². The minimum absolute atomic E-state index is 0.524. The monoisotopic (exact) mass is 224 g/mol. The van der Waals surface area contributed by atoms with E-state index in [1.54, 1.807) is 0 Å². The van der Waals surface area contributed by atoms with E-state index in [0.717, 1.165) is 12.1 Å². The van der Waals surface area contributed by atoms with Crippen molar-refractivity contribution in [2.75, 3.05) is 19.6 Å². The zero-order valence-electron chi connectivity index (χ0n) is 11.3. The largest absolute Gasteiger partial charge is 0.312 e. The summed E-state index contributed by atoms with van der Waals surface area (Å²) in [5.74, 6) is 0. The summed E-state index contributed by atoms with van der Waals surface area (Å²) >= 11 is 0. The Hall–Kier alpha value is -0.0800. The third-order valence-electron chi connectivity index (χ3n) is 4.52. The van der Waals surface area contributed by atoms with Gasteiger partial charge in [0.2, 0.25) is 0 Å². The topological polar surface area (TPSA) is 15.3 Å². The van der Waals surface area contributed by atoms with Crippen LogP contribution in [0.15, 0.2) is 0 Å². The van der Waals surface area contributed by atoms with Crippen molar-refractivity contribution in [3.8, 4) is 0 Å². The van der Waals surface area contributed by atoms with Gasteiger partial charge in [-0.15, -0.1) is 0 Å². The predicted octanol–water partition coefficient (Wildman–Crippen LogP) is 2.64. The van der Waals surface area contributed by atoms with Gasteiger partial charge in [-0.25, -0.2) is 0 Å². The lowest BCUT2D eigenvalue weighted by Gasteiger charge is -2.29. The molecular formula is C14H28N2. The van der Waals surface area contributed by atoms with E-state index in [1.165, 1.54) is 51.7 Å². The third kappa shape index (κ3) is 2.98. The molecular weight excluding hydrogens is 196 g/mol. The number of hydrogen-bond acceptors (Lipinski definition) is 2. The first-order valence-corrected chi connectivity index (χ1v) is 7.11. The zero-order valence-corrected chi connectivity index (χ0v) is 11.3. The molecule has 0 heterocycles. The van der Waals surface area contributed by atoms with Crippen LogP contribution in [0.2, 0.25) is 0 Å². The van der Waals surface area contributed by atoms with E-state index < -0.39 is 0 Å². The van der Waals surface area contributed by atoms with Gasteiger partial charge in [-0.3, -0.25) is 4.90 Å². The highest BCUT2D eigenvalue weighted by Crippen LogP contribution is 2.37. The molecule has 0 aromatic rings. The molecule has 0 aliphatic heterocycles. The molecule has 0 aromatic heterocycles. The van der Waals surface area contributed by atoms with Crippen molar-refractivity contribution in [2.24, 2.45) is 5.41 Å². The van der Waals surface area contributed by atoms with E-state index in [1.807, 2.05) is 0 Å². The molecule has 2 fully saturated rings. The maximum Gasteiger partial charge on any atom is 0.0119 e. The molecule has 94 valence electrons. The lowest BCUT2D eigenvalue weighted by Crippen LogP contribution is -2.42. The Balaban J connectivity index is 1.67. The minimum atomic E-state index is 0.524. The van der Waals surface area contributed by atoms with Gasteiger partial charge in [0.25, 0.3) is 0 Å². The molecule has 1 N–H and O–H groups in total. The Kier molecular flexibility index (Phi) is 3.91. The molecule has 1 unspecified atom stereocenters. The van der Waals surface area contributed by atoms with Crippen LogP contribution in [-0.2, 0) is 0 Å². The van der Waals surface area contributed by atoms with Crippen molar-refractivity contribution in [1.82, 2.24) is 10.2 Å². The van der Waals surface area contributed by atoms with Crippen molar-refractivity contribution in [1.29, 1.82) is 0 Å². The summed E-state index contributed by atoms with van der Waals surface area (Å²) in [7, 11) is 0. The molecule has 1 atom stereocenters. The first kappa shape index (κ1) is 12.4. The van der Waals surface area contributed by atoms with E-state index in [-0.39, 0.29) is 0 Å². The molecule has 2 rings (SSSR count). The van der Waals surface area contributed by atoms with Gasteiger partial charge >= 0.3 is 0 Å².